The minimum absolute atomic E-state index is 0.114. The summed E-state index contributed by atoms with van der Waals surface area (Å²) in [6.07, 6.45) is 4.12. The van der Waals surface area contributed by atoms with E-state index in [9.17, 15) is 4.79 Å². The Hall–Kier alpha value is -4.69. The SMILES string of the molecule is COc1ccccc1NC(=O)CCN1C(=S)N[C@H](c2ccccn2)[C@@H]1c1cccn1-c1ccc2ccccc2c1. The fourth-order valence-corrected chi connectivity index (χ4v) is 5.68. The Morgan fingerprint density at radius 3 is 2.60 bits per heavy atom. The highest BCUT2D eigenvalue weighted by Crippen LogP contribution is 2.40. The molecule has 5 aromatic rings. The highest BCUT2D eigenvalue weighted by Gasteiger charge is 2.41. The molecule has 2 aromatic heterocycles. The van der Waals surface area contributed by atoms with Crippen LogP contribution in [-0.2, 0) is 4.79 Å². The first-order chi connectivity index (χ1) is 19.6. The molecular formula is C32H29N5O2S. The number of aromatic nitrogens is 2. The molecule has 0 radical (unpaired) electrons. The van der Waals surface area contributed by atoms with Gasteiger partial charge in [-0.25, -0.2) is 0 Å². The Morgan fingerprint density at radius 2 is 1.77 bits per heavy atom. The number of pyridine rings is 1. The van der Waals surface area contributed by atoms with Gasteiger partial charge in [0.2, 0.25) is 5.91 Å². The number of rotatable bonds is 8. The number of anilines is 1. The van der Waals surface area contributed by atoms with Crippen LogP contribution in [0.1, 0.15) is 29.9 Å². The second-order valence-electron chi connectivity index (χ2n) is 9.65. The lowest BCUT2D eigenvalue weighted by Gasteiger charge is -2.29. The average Bonchev–Trinajstić information content (AvgIpc) is 3.60. The second kappa shape index (κ2) is 11.2. The van der Waals surface area contributed by atoms with E-state index in [-0.39, 0.29) is 24.4 Å². The van der Waals surface area contributed by atoms with Crippen LogP contribution in [0.15, 0.2) is 109 Å². The molecule has 7 nitrogen and oxygen atoms in total. The van der Waals surface area contributed by atoms with Crippen molar-refractivity contribution in [3.63, 3.8) is 0 Å². The normalized spacial score (nSPS) is 16.6. The number of hydrogen-bond donors (Lipinski definition) is 2. The number of para-hydroxylation sites is 2. The number of ether oxygens (including phenoxy) is 1. The zero-order valence-corrected chi connectivity index (χ0v) is 22.8. The van der Waals surface area contributed by atoms with Crippen LogP contribution < -0.4 is 15.4 Å². The maximum absolute atomic E-state index is 13.0. The molecule has 0 saturated carbocycles. The standard InChI is InChI=1S/C32H29N5O2S/c1-39-28-14-5-4-11-25(28)34-29(38)17-20-37-31(30(35-32(37)40)26-12-6-7-18-33-26)27-13-8-19-36(27)24-16-15-22-9-2-3-10-23(22)21-24/h2-16,18-19,21,30-31H,17,20H2,1H3,(H,34,38)(H,35,40)/t30-,31+/m1/s1. The summed E-state index contributed by atoms with van der Waals surface area (Å²) in [4.78, 5) is 19.8. The molecule has 2 N–H and O–H groups in total. The van der Waals surface area contributed by atoms with Gasteiger partial charge >= 0.3 is 0 Å². The molecule has 1 amide bonds. The predicted molar refractivity (Wildman–Crippen MR) is 162 cm³/mol. The zero-order valence-electron chi connectivity index (χ0n) is 22.0. The summed E-state index contributed by atoms with van der Waals surface area (Å²) in [7, 11) is 1.59. The number of carbonyl (C=O) groups excluding carboxylic acids is 1. The zero-order chi connectivity index (χ0) is 27.5. The number of methoxy groups -OCH3 is 1. The second-order valence-corrected chi connectivity index (χ2v) is 10.0. The third-order valence-electron chi connectivity index (χ3n) is 7.25. The van der Waals surface area contributed by atoms with Crippen molar-refractivity contribution in [1.82, 2.24) is 19.8 Å². The van der Waals surface area contributed by atoms with Crippen LogP contribution >= 0.6 is 12.2 Å². The van der Waals surface area contributed by atoms with E-state index in [1.807, 2.05) is 54.6 Å². The lowest BCUT2D eigenvalue weighted by molar-refractivity contribution is -0.116. The van der Waals surface area contributed by atoms with E-state index in [1.165, 1.54) is 10.8 Å². The van der Waals surface area contributed by atoms with E-state index in [4.69, 9.17) is 17.0 Å². The summed E-state index contributed by atoms with van der Waals surface area (Å²) in [6.45, 7) is 0.434. The third-order valence-corrected chi connectivity index (χ3v) is 7.61. The van der Waals surface area contributed by atoms with E-state index < -0.39 is 0 Å². The van der Waals surface area contributed by atoms with Gasteiger partial charge in [0.15, 0.2) is 5.11 Å². The molecule has 6 rings (SSSR count). The minimum Gasteiger partial charge on any atom is -0.495 e. The Labute approximate surface area is 238 Å². The molecule has 0 spiro atoms. The molecule has 200 valence electrons. The maximum Gasteiger partial charge on any atom is 0.226 e. The number of hydrogen-bond acceptors (Lipinski definition) is 4. The molecule has 1 saturated heterocycles. The van der Waals surface area contributed by atoms with Gasteiger partial charge in [-0.3, -0.25) is 9.78 Å². The first-order valence-corrected chi connectivity index (χ1v) is 13.6. The molecule has 1 aliphatic heterocycles. The van der Waals surface area contributed by atoms with Crippen molar-refractivity contribution in [3.8, 4) is 11.4 Å². The quantitative estimate of drug-likeness (QED) is 0.231. The van der Waals surface area contributed by atoms with Crippen molar-refractivity contribution in [2.45, 2.75) is 18.5 Å². The van der Waals surface area contributed by atoms with Crippen LogP contribution in [0, 0.1) is 0 Å². The van der Waals surface area contributed by atoms with Crippen LogP contribution in [0.25, 0.3) is 16.5 Å². The fraction of sp³-hybridized carbons (Fsp3) is 0.156. The maximum atomic E-state index is 13.0. The number of amides is 1. The van der Waals surface area contributed by atoms with E-state index in [1.54, 1.807) is 13.3 Å². The van der Waals surface area contributed by atoms with Crippen molar-refractivity contribution in [2.24, 2.45) is 0 Å². The van der Waals surface area contributed by atoms with Gasteiger partial charge in [0, 0.05) is 36.7 Å². The first kappa shape index (κ1) is 25.6. The Bertz CT molecular complexity index is 1670. The molecule has 0 unspecified atom stereocenters. The van der Waals surface area contributed by atoms with Crippen LogP contribution in [0.4, 0.5) is 5.69 Å². The largest absolute Gasteiger partial charge is 0.495 e. The van der Waals surface area contributed by atoms with Gasteiger partial charge in [0.05, 0.1) is 30.6 Å². The number of thiocarbonyl (C=S) groups is 1. The Morgan fingerprint density at radius 1 is 0.975 bits per heavy atom. The highest BCUT2D eigenvalue weighted by molar-refractivity contribution is 7.80. The summed E-state index contributed by atoms with van der Waals surface area (Å²) in [5, 5.41) is 9.42. The molecule has 2 atom stereocenters. The lowest BCUT2D eigenvalue weighted by Crippen LogP contribution is -2.33. The number of carbonyl (C=O) groups is 1. The number of benzene rings is 3. The van der Waals surface area contributed by atoms with Crippen molar-refractivity contribution < 1.29 is 9.53 Å². The molecule has 1 fully saturated rings. The van der Waals surface area contributed by atoms with Crippen LogP contribution in [0.5, 0.6) is 5.75 Å². The first-order valence-electron chi connectivity index (χ1n) is 13.2. The molecule has 0 bridgehead atoms. The summed E-state index contributed by atoms with van der Waals surface area (Å²) in [6, 6.07) is 31.9. The molecule has 8 heteroatoms. The van der Waals surface area contributed by atoms with Gasteiger partial charge in [0.25, 0.3) is 0 Å². The molecule has 0 aliphatic carbocycles. The van der Waals surface area contributed by atoms with Gasteiger partial charge in [-0.2, -0.15) is 0 Å². The molecular weight excluding hydrogens is 518 g/mol. The predicted octanol–water partition coefficient (Wildman–Crippen LogP) is 6.04. The summed E-state index contributed by atoms with van der Waals surface area (Å²) >= 11 is 5.84. The van der Waals surface area contributed by atoms with Gasteiger partial charge in [-0.05, 0) is 71.5 Å². The molecule has 40 heavy (non-hydrogen) atoms. The van der Waals surface area contributed by atoms with Gasteiger partial charge < -0.3 is 24.8 Å². The molecule has 3 aromatic carbocycles. The Balaban J connectivity index is 1.32. The van der Waals surface area contributed by atoms with Crippen molar-refractivity contribution in [2.75, 3.05) is 19.0 Å². The van der Waals surface area contributed by atoms with Crippen LogP contribution in [-0.4, -0.2) is 39.1 Å². The van der Waals surface area contributed by atoms with Crippen LogP contribution in [0.2, 0.25) is 0 Å². The van der Waals surface area contributed by atoms with Gasteiger partial charge in [-0.1, -0.05) is 48.5 Å². The van der Waals surface area contributed by atoms with E-state index in [0.29, 0.717) is 23.1 Å². The smallest absolute Gasteiger partial charge is 0.226 e. The van der Waals surface area contributed by atoms with Gasteiger partial charge in [0.1, 0.15) is 5.75 Å². The summed E-state index contributed by atoms with van der Waals surface area (Å²) < 4.78 is 7.59. The van der Waals surface area contributed by atoms with Crippen molar-refractivity contribution >= 4 is 39.7 Å². The van der Waals surface area contributed by atoms with Crippen molar-refractivity contribution in [3.05, 3.63) is 121 Å². The molecule has 3 heterocycles. The Kier molecular flexibility index (Phi) is 7.16. The lowest BCUT2D eigenvalue weighted by atomic mass is 10.0. The third kappa shape index (κ3) is 5.01. The summed E-state index contributed by atoms with van der Waals surface area (Å²) in [5.74, 6) is 0.507. The topological polar surface area (TPSA) is 71.4 Å². The van der Waals surface area contributed by atoms with E-state index in [2.05, 4.69) is 73.7 Å². The van der Waals surface area contributed by atoms with E-state index in [0.717, 1.165) is 17.1 Å². The van der Waals surface area contributed by atoms with Crippen LogP contribution in [0.3, 0.4) is 0 Å². The van der Waals surface area contributed by atoms with E-state index >= 15 is 0 Å². The monoisotopic (exact) mass is 547 g/mol. The number of nitrogens with zero attached hydrogens (tertiary/aromatic N) is 3. The number of nitrogens with one attached hydrogen (secondary N) is 2. The molecule has 1 aliphatic rings. The number of fused-ring (bicyclic) bond motifs is 1. The average molecular weight is 548 g/mol. The summed E-state index contributed by atoms with van der Waals surface area (Å²) in [5.41, 5.74) is 3.65. The minimum atomic E-state index is -0.180. The highest BCUT2D eigenvalue weighted by atomic mass is 32.1. The fourth-order valence-electron chi connectivity index (χ4n) is 5.35. The van der Waals surface area contributed by atoms with Crippen molar-refractivity contribution in [1.29, 1.82) is 0 Å². The van der Waals surface area contributed by atoms with Gasteiger partial charge in [-0.15, -0.1) is 0 Å².